The third-order valence-electron chi connectivity index (χ3n) is 2.31. The number of isothiocyanates is 1. The number of benzene rings is 1. The molecule has 0 N–H and O–H groups in total. The van der Waals surface area contributed by atoms with Crippen LogP contribution in [0.2, 0.25) is 0 Å². The van der Waals surface area contributed by atoms with Crippen molar-refractivity contribution < 1.29 is 0 Å². The number of hydrogen-bond donors (Lipinski definition) is 0. The van der Waals surface area contributed by atoms with Gasteiger partial charge in [-0.3, -0.25) is 0 Å². The van der Waals surface area contributed by atoms with Crippen molar-refractivity contribution in [2.24, 2.45) is 4.99 Å². The SMILES string of the molecule is CCc1cccc(C(C)C)c1N=C=S. The molecule has 1 nitrogen and oxygen atoms in total. The maximum absolute atomic E-state index is 4.67. The molecule has 0 aromatic heterocycles. The van der Waals surface area contributed by atoms with Crippen molar-refractivity contribution in [3.63, 3.8) is 0 Å². The van der Waals surface area contributed by atoms with E-state index < -0.39 is 0 Å². The van der Waals surface area contributed by atoms with Crippen molar-refractivity contribution in [2.75, 3.05) is 0 Å². The highest BCUT2D eigenvalue weighted by molar-refractivity contribution is 7.78. The van der Waals surface area contributed by atoms with E-state index in [1.807, 2.05) is 0 Å². The van der Waals surface area contributed by atoms with Gasteiger partial charge in [0.25, 0.3) is 0 Å². The molecule has 1 aromatic carbocycles. The summed E-state index contributed by atoms with van der Waals surface area (Å²) < 4.78 is 0. The average molecular weight is 205 g/mol. The summed E-state index contributed by atoms with van der Waals surface area (Å²) in [5, 5.41) is 2.46. The van der Waals surface area contributed by atoms with Crippen LogP contribution < -0.4 is 0 Å². The standard InChI is InChI=1S/C12H15NS/c1-4-10-6-5-7-11(9(2)3)12(10)13-8-14/h5-7,9H,4H2,1-3H3. The van der Waals surface area contributed by atoms with Gasteiger partial charge in [0.15, 0.2) is 0 Å². The van der Waals surface area contributed by atoms with Crippen molar-refractivity contribution in [1.29, 1.82) is 0 Å². The molecule has 0 bridgehead atoms. The van der Waals surface area contributed by atoms with Crippen molar-refractivity contribution in [2.45, 2.75) is 33.1 Å². The fourth-order valence-electron chi connectivity index (χ4n) is 1.54. The Morgan fingerprint density at radius 3 is 2.64 bits per heavy atom. The molecule has 0 heterocycles. The predicted octanol–water partition coefficient (Wildman–Crippen LogP) is 4.11. The second kappa shape index (κ2) is 5.04. The minimum absolute atomic E-state index is 0.476. The van der Waals surface area contributed by atoms with Gasteiger partial charge in [0.1, 0.15) is 0 Å². The molecule has 0 aliphatic rings. The van der Waals surface area contributed by atoms with Crippen LogP contribution in [0.3, 0.4) is 0 Å². The molecule has 0 fully saturated rings. The van der Waals surface area contributed by atoms with Gasteiger partial charge >= 0.3 is 0 Å². The zero-order valence-corrected chi connectivity index (χ0v) is 9.69. The van der Waals surface area contributed by atoms with Gasteiger partial charge in [-0.25, -0.2) is 0 Å². The summed E-state index contributed by atoms with van der Waals surface area (Å²) in [5.74, 6) is 0.476. The highest BCUT2D eigenvalue weighted by Gasteiger charge is 2.08. The molecular weight excluding hydrogens is 190 g/mol. The third-order valence-corrected chi connectivity index (χ3v) is 2.40. The maximum atomic E-state index is 4.67. The van der Waals surface area contributed by atoms with E-state index in [2.05, 4.69) is 61.3 Å². The number of thiocarbonyl (C=S) groups is 1. The lowest BCUT2D eigenvalue weighted by Crippen LogP contribution is -1.91. The number of hydrogen-bond acceptors (Lipinski definition) is 2. The average Bonchev–Trinajstić information content (AvgIpc) is 2.18. The van der Waals surface area contributed by atoms with E-state index in [0.29, 0.717) is 5.92 Å². The molecular formula is C12H15NS. The lowest BCUT2D eigenvalue weighted by atomic mass is 9.97. The van der Waals surface area contributed by atoms with Crippen LogP contribution in [-0.4, -0.2) is 5.16 Å². The van der Waals surface area contributed by atoms with Crippen LogP contribution >= 0.6 is 12.2 Å². The van der Waals surface area contributed by atoms with Crippen molar-refractivity contribution in [1.82, 2.24) is 0 Å². The van der Waals surface area contributed by atoms with Crippen LogP contribution in [0.25, 0.3) is 0 Å². The van der Waals surface area contributed by atoms with E-state index >= 15 is 0 Å². The molecule has 0 aliphatic heterocycles. The molecule has 2 heteroatoms. The number of aliphatic imine (C=N–C) groups is 1. The Hall–Kier alpha value is -0.980. The lowest BCUT2D eigenvalue weighted by molar-refractivity contribution is 0.863. The summed E-state index contributed by atoms with van der Waals surface area (Å²) in [7, 11) is 0. The van der Waals surface area contributed by atoms with Crippen LogP contribution in [0.15, 0.2) is 23.2 Å². The molecule has 0 spiro atoms. The summed E-state index contributed by atoms with van der Waals surface area (Å²) in [6.07, 6.45) is 0.983. The number of nitrogens with zero attached hydrogens (tertiary/aromatic N) is 1. The molecule has 0 radical (unpaired) electrons. The van der Waals surface area contributed by atoms with Gasteiger partial charge in [0.2, 0.25) is 0 Å². The zero-order chi connectivity index (χ0) is 10.6. The minimum atomic E-state index is 0.476. The maximum Gasteiger partial charge on any atom is 0.0805 e. The molecule has 0 amide bonds. The predicted molar refractivity (Wildman–Crippen MR) is 64.6 cm³/mol. The summed E-state index contributed by atoms with van der Waals surface area (Å²) in [6, 6.07) is 6.28. The van der Waals surface area contributed by atoms with Crippen LogP contribution in [0.1, 0.15) is 37.8 Å². The highest BCUT2D eigenvalue weighted by Crippen LogP contribution is 2.30. The van der Waals surface area contributed by atoms with Crippen LogP contribution in [0.4, 0.5) is 5.69 Å². The van der Waals surface area contributed by atoms with E-state index in [4.69, 9.17) is 0 Å². The first-order valence-corrected chi connectivity index (χ1v) is 5.31. The first-order chi connectivity index (χ1) is 6.70. The molecule has 74 valence electrons. The van der Waals surface area contributed by atoms with Crippen molar-refractivity contribution >= 4 is 23.1 Å². The van der Waals surface area contributed by atoms with E-state index in [0.717, 1.165) is 12.1 Å². The van der Waals surface area contributed by atoms with Gasteiger partial charge in [0, 0.05) is 0 Å². The first kappa shape index (κ1) is 11.1. The van der Waals surface area contributed by atoms with E-state index in [9.17, 15) is 0 Å². The Kier molecular flexibility index (Phi) is 3.99. The molecule has 0 aliphatic carbocycles. The van der Waals surface area contributed by atoms with Gasteiger partial charge in [0.05, 0.1) is 10.8 Å². The summed E-state index contributed by atoms with van der Waals surface area (Å²) in [4.78, 5) is 4.16. The quantitative estimate of drug-likeness (QED) is 0.534. The highest BCUT2D eigenvalue weighted by atomic mass is 32.1. The first-order valence-electron chi connectivity index (χ1n) is 4.90. The Labute approximate surface area is 90.9 Å². The summed E-state index contributed by atoms with van der Waals surface area (Å²) >= 11 is 4.67. The molecule has 0 saturated carbocycles. The summed E-state index contributed by atoms with van der Waals surface area (Å²) in [5.41, 5.74) is 3.51. The molecule has 1 aromatic rings. The number of aryl methyl sites for hydroxylation is 1. The van der Waals surface area contributed by atoms with Gasteiger partial charge in [-0.05, 0) is 35.7 Å². The Bertz CT molecular complexity index is 363. The van der Waals surface area contributed by atoms with Crippen LogP contribution in [0, 0.1) is 0 Å². The van der Waals surface area contributed by atoms with Gasteiger partial charge in [-0.1, -0.05) is 39.0 Å². The Morgan fingerprint density at radius 2 is 2.14 bits per heavy atom. The normalized spacial score (nSPS) is 10.0. The topological polar surface area (TPSA) is 12.4 Å². The second-order valence-electron chi connectivity index (χ2n) is 3.57. The second-order valence-corrected chi connectivity index (χ2v) is 3.75. The van der Waals surface area contributed by atoms with E-state index in [1.54, 1.807) is 0 Å². The summed E-state index contributed by atoms with van der Waals surface area (Å²) in [6.45, 7) is 6.45. The number of para-hydroxylation sites is 1. The monoisotopic (exact) mass is 205 g/mol. The zero-order valence-electron chi connectivity index (χ0n) is 8.87. The van der Waals surface area contributed by atoms with E-state index in [1.165, 1.54) is 11.1 Å². The number of rotatable bonds is 3. The Morgan fingerprint density at radius 1 is 1.43 bits per heavy atom. The third kappa shape index (κ3) is 2.28. The Balaban J connectivity index is 3.34. The lowest BCUT2D eigenvalue weighted by Gasteiger charge is -2.11. The van der Waals surface area contributed by atoms with E-state index in [-0.39, 0.29) is 0 Å². The molecule has 14 heavy (non-hydrogen) atoms. The van der Waals surface area contributed by atoms with Gasteiger partial charge in [-0.15, -0.1) is 0 Å². The van der Waals surface area contributed by atoms with Gasteiger partial charge in [-0.2, -0.15) is 4.99 Å². The molecule has 0 saturated heterocycles. The smallest absolute Gasteiger partial charge is 0.0805 e. The van der Waals surface area contributed by atoms with Crippen molar-refractivity contribution in [3.8, 4) is 0 Å². The molecule has 0 atom stereocenters. The van der Waals surface area contributed by atoms with Crippen LogP contribution in [0.5, 0.6) is 0 Å². The molecule has 0 unspecified atom stereocenters. The molecule has 1 rings (SSSR count). The van der Waals surface area contributed by atoms with Gasteiger partial charge < -0.3 is 0 Å². The van der Waals surface area contributed by atoms with Crippen molar-refractivity contribution in [3.05, 3.63) is 29.3 Å². The fourth-order valence-corrected chi connectivity index (χ4v) is 1.64. The van der Waals surface area contributed by atoms with Crippen LogP contribution in [-0.2, 0) is 6.42 Å². The largest absolute Gasteiger partial charge is 0.194 e. The fraction of sp³-hybridized carbons (Fsp3) is 0.417. The minimum Gasteiger partial charge on any atom is -0.194 e.